The van der Waals surface area contributed by atoms with Crippen molar-refractivity contribution in [1.82, 2.24) is 10.2 Å². The molecule has 0 atom stereocenters. The molecule has 0 radical (unpaired) electrons. The molecular formula is C16H13BrFN3. The number of benzene rings is 2. The number of nitrogens with one attached hydrogen (secondary N) is 1. The van der Waals surface area contributed by atoms with E-state index >= 15 is 0 Å². The Hall–Kier alpha value is -2.14. The number of aromatic nitrogens is 2. The molecule has 3 N–H and O–H groups in total. The number of nitrogens with two attached hydrogens (primary N) is 1. The summed E-state index contributed by atoms with van der Waals surface area (Å²) in [4.78, 5) is 0. The molecule has 3 nitrogen and oxygen atoms in total. The Morgan fingerprint density at radius 1 is 1.14 bits per heavy atom. The number of aryl methyl sites for hydroxylation is 1. The molecule has 0 saturated carbocycles. The summed E-state index contributed by atoms with van der Waals surface area (Å²) in [6.45, 7) is 2.02. The van der Waals surface area contributed by atoms with Gasteiger partial charge < -0.3 is 5.73 Å². The van der Waals surface area contributed by atoms with Gasteiger partial charge in [0.1, 0.15) is 5.82 Å². The second-order valence-electron chi connectivity index (χ2n) is 4.86. The predicted molar refractivity (Wildman–Crippen MR) is 86.3 cm³/mol. The van der Waals surface area contributed by atoms with Crippen LogP contribution in [-0.4, -0.2) is 10.2 Å². The van der Waals surface area contributed by atoms with Crippen molar-refractivity contribution in [3.8, 4) is 22.4 Å². The first-order valence-electron chi connectivity index (χ1n) is 6.42. The van der Waals surface area contributed by atoms with E-state index in [0.29, 0.717) is 10.3 Å². The van der Waals surface area contributed by atoms with Gasteiger partial charge in [-0.1, -0.05) is 29.8 Å². The van der Waals surface area contributed by atoms with Gasteiger partial charge in [-0.3, -0.25) is 5.10 Å². The second-order valence-corrected chi connectivity index (χ2v) is 5.71. The molecule has 0 aliphatic heterocycles. The van der Waals surface area contributed by atoms with Crippen LogP contribution in [0.2, 0.25) is 0 Å². The minimum Gasteiger partial charge on any atom is -0.382 e. The summed E-state index contributed by atoms with van der Waals surface area (Å²) >= 11 is 3.20. The van der Waals surface area contributed by atoms with Crippen molar-refractivity contribution in [2.75, 3.05) is 5.73 Å². The molecular weight excluding hydrogens is 333 g/mol. The van der Waals surface area contributed by atoms with Gasteiger partial charge in [0.15, 0.2) is 5.82 Å². The molecule has 0 saturated heterocycles. The summed E-state index contributed by atoms with van der Waals surface area (Å²) in [6.07, 6.45) is 0. The monoisotopic (exact) mass is 345 g/mol. The van der Waals surface area contributed by atoms with Crippen molar-refractivity contribution >= 4 is 21.7 Å². The van der Waals surface area contributed by atoms with Crippen molar-refractivity contribution in [3.05, 3.63) is 58.3 Å². The molecule has 0 aliphatic rings. The summed E-state index contributed by atoms with van der Waals surface area (Å²) in [5.41, 5.74) is 10.6. The number of rotatable bonds is 2. The third-order valence-corrected chi connectivity index (χ3v) is 3.92. The van der Waals surface area contributed by atoms with Gasteiger partial charge in [-0.05, 0) is 46.6 Å². The van der Waals surface area contributed by atoms with Crippen molar-refractivity contribution in [3.63, 3.8) is 0 Å². The van der Waals surface area contributed by atoms with Gasteiger partial charge in [-0.25, -0.2) is 4.39 Å². The van der Waals surface area contributed by atoms with Crippen LogP contribution >= 0.6 is 15.9 Å². The predicted octanol–water partition coefficient (Wildman–Crippen LogP) is 4.54. The van der Waals surface area contributed by atoms with E-state index in [1.165, 1.54) is 6.07 Å². The molecule has 3 aromatic rings. The molecule has 0 unspecified atom stereocenters. The zero-order valence-corrected chi connectivity index (χ0v) is 12.9. The molecule has 1 aromatic heterocycles. The van der Waals surface area contributed by atoms with Gasteiger partial charge in [-0.15, -0.1) is 0 Å². The third-order valence-electron chi connectivity index (χ3n) is 3.31. The first-order chi connectivity index (χ1) is 10.1. The topological polar surface area (TPSA) is 54.7 Å². The molecule has 106 valence electrons. The van der Waals surface area contributed by atoms with E-state index < -0.39 is 0 Å². The molecule has 0 aliphatic carbocycles. The zero-order valence-electron chi connectivity index (χ0n) is 11.3. The molecule has 0 bridgehead atoms. The van der Waals surface area contributed by atoms with Crippen LogP contribution in [0, 0.1) is 12.7 Å². The van der Waals surface area contributed by atoms with Gasteiger partial charge in [0, 0.05) is 5.56 Å². The Kier molecular flexibility index (Phi) is 3.51. The smallest absolute Gasteiger partial charge is 0.153 e. The normalized spacial score (nSPS) is 10.8. The largest absolute Gasteiger partial charge is 0.382 e. The molecule has 21 heavy (non-hydrogen) atoms. The Morgan fingerprint density at radius 3 is 2.67 bits per heavy atom. The maximum Gasteiger partial charge on any atom is 0.153 e. The quantitative estimate of drug-likeness (QED) is 0.716. The molecule has 2 aromatic carbocycles. The lowest BCUT2D eigenvalue weighted by Crippen LogP contribution is -1.89. The van der Waals surface area contributed by atoms with Crippen LogP contribution in [0.1, 0.15) is 5.56 Å². The van der Waals surface area contributed by atoms with Gasteiger partial charge in [0.05, 0.1) is 15.7 Å². The number of halogens is 2. The highest BCUT2D eigenvalue weighted by Crippen LogP contribution is 2.36. The van der Waals surface area contributed by atoms with Gasteiger partial charge in [-0.2, -0.15) is 5.10 Å². The van der Waals surface area contributed by atoms with Gasteiger partial charge >= 0.3 is 0 Å². The van der Waals surface area contributed by atoms with Crippen LogP contribution < -0.4 is 5.73 Å². The summed E-state index contributed by atoms with van der Waals surface area (Å²) < 4.78 is 13.8. The first kappa shape index (κ1) is 13.8. The van der Waals surface area contributed by atoms with Gasteiger partial charge in [0.25, 0.3) is 0 Å². The maximum absolute atomic E-state index is 13.4. The Labute approximate surface area is 130 Å². The Bertz CT molecular complexity index is 811. The van der Waals surface area contributed by atoms with Crippen molar-refractivity contribution in [1.29, 1.82) is 0 Å². The first-order valence-corrected chi connectivity index (χ1v) is 7.22. The number of anilines is 1. The molecule has 3 rings (SSSR count). The highest BCUT2D eigenvalue weighted by molar-refractivity contribution is 9.10. The second kappa shape index (κ2) is 5.33. The van der Waals surface area contributed by atoms with Crippen LogP contribution in [-0.2, 0) is 0 Å². The fourth-order valence-electron chi connectivity index (χ4n) is 2.31. The highest BCUT2D eigenvalue weighted by atomic mass is 79.9. The van der Waals surface area contributed by atoms with Crippen molar-refractivity contribution in [2.24, 2.45) is 0 Å². The molecule has 0 spiro atoms. The van der Waals surface area contributed by atoms with Crippen LogP contribution in [0.3, 0.4) is 0 Å². The van der Waals surface area contributed by atoms with Crippen LogP contribution in [0.4, 0.5) is 10.2 Å². The van der Waals surface area contributed by atoms with E-state index in [4.69, 9.17) is 5.73 Å². The summed E-state index contributed by atoms with van der Waals surface area (Å²) in [5, 5.41) is 7.03. The van der Waals surface area contributed by atoms with E-state index in [2.05, 4.69) is 26.1 Å². The van der Waals surface area contributed by atoms with E-state index in [0.717, 1.165) is 27.9 Å². The van der Waals surface area contributed by atoms with E-state index in [1.807, 2.05) is 31.2 Å². The van der Waals surface area contributed by atoms with Crippen LogP contribution in [0.5, 0.6) is 0 Å². The number of aromatic amines is 1. The minimum absolute atomic E-state index is 0.302. The van der Waals surface area contributed by atoms with Gasteiger partial charge in [0.2, 0.25) is 0 Å². The standard InChI is InChI=1S/C16H13BrFN3/c1-9-3-2-4-10(7-9)14-15(20-21-16(14)19)11-5-6-13(18)12(17)8-11/h2-8H,1H3,(H3,19,20,21). The Morgan fingerprint density at radius 2 is 1.95 bits per heavy atom. The molecule has 5 heteroatoms. The number of nitrogens with zero attached hydrogens (tertiary/aromatic N) is 1. The average Bonchev–Trinajstić information content (AvgIpc) is 2.84. The number of H-pyrrole nitrogens is 1. The third kappa shape index (κ3) is 2.56. The van der Waals surface area contributed by atoms with Crippen molar-refractivity contribution < 1.29 is 4.39 Å². The fraction of sp³-hybridized carbons (Fsp3) is 0.0625. The number of hydrogen-bond acceptors (Lipinski definition) is 2. The summed E-state index contributed by atoms with van der Waals surface area (Å²) in [5.74, 6) is 0.124. The molecule has 0 amide bonds. The van der Waals surface area contributed by atoms with Crippen molar-refractivity contribution in [2.45, 2.75) is 6.92 Å². The Balaban J connectivity index is 2.19. The SMILES string of the molecule is Cc1cccc(-c2c(N)n[nH]c2-c2ccc(F)c(Br)c2)c1. The summed E-state index contributed by atoms with van der Waals surface area (Å²) in [6, 6.07) is 12.8. The van der Waals surface area contributed by atoms with E-state index in [1.54, 1.807) is 12.1 Å². The maximum atomic E-state index is 13.4. The van der Waals surface area contributed by atoms with E-state index in [-0.39, 0.29) is 5.82 Å². The zero-order chi connectivity index (χ0) is 15.0. The van der Waals surface area contributed by atoms with Crippen LogP contribution in [0.15, 0.2) is 46.9 Å². The summed E-state index contributed by atoms with van der Waals surface area (Å²) in [7, 11) is 0. The number of hydrogen-bond donors (Lipinski definition) is 2. The van der Waals surface area contributed by atoms with Crippen LogP contribution in [0.25, 0.3) is 22.4 Å². The fourth-order valence-corrected chi connectivity index (χ4v) is 2.69. The lowest BCUT2D eigenvalue weighted by Gasteiger charge is -2.06. The highest BCUT2D eigenvalue weighted by Gasteiger charge is 2.15. The average molecular weight is 346 g/mol. The lowest BCUT2D eigenvalue weighted by molar-refractivity contribution is 0.621. The van der Waals surface area contributed by atoms with E-state index in [9.17, 15) is 4.39 Å². The lowest BCUT2D eigenvalue weighted by atomic mass is 9.99. The minimum atomic E-state index is -0.302. The molecule has 0 fully saturated rings. The molecule has 1 heterocycles. The number of nitrogen functional groups attached to an aromatic ring is 1.